The summed E-state index contributed by atoms with van der Waals surface area (Å²) in [6.45, 7) is 2.50. The highest BCUT2D eigenvalue weighted by Crippen LogP contribution is 2.35. The zero-order valence-corrected chi connectivity index (χ0v) is 13.4. The Hall–Kier alpha value is -1.63. The summed E-state index contributed by atoms with van der Waals surface area (Å²) in [6, 6.07) is 7.12. The van der Waals surface area contributed by atoms with Crippen molar-refractivity contribution in [2.24, 2.45) is 17.7 Å². The van der Waals surface area contributed by atoms with E-state index in [1.54, 1.807) is 24.3 Å². The van der Waals surface area contributed by atoms with Gasteiger partial charge in [0, 0.05) is 5.92 Å². The molecule has 0 radical (unpaired) electrons. The topological polar surface area (TPSA) is 105 Å². The van der Waals surface area contributed by atoms with Crippen LogP contribution in [0.3, 0.4) is 0 Å². The van der Waals surface area contributed by atoms with Gasteiger partial charge in [-0.05, 0) is 56.2 Å². The Labute approximate surface area is 136 Å². The van der Waals surface area contributed by atoms with Crippen LogP contribution in [0.1, 0.15) is 44.3 Å². The van der Waals surface area contributed by atoms with Gasteiger partial charge in [0.1, 0.15) is 11.9 Å². The van der Waals surface area contributed by atoms with Gasteiger partial charge >= 0.3 is 0 Å². The van der Waals surface area contributed by atoms with E-state index in [1.165, 1.54) is 0 Å². The molecule has 23 heavy (non-hydrogen) atoms. The first-order valence-corrected chi connectivity index (χ1v) is 8.16. The number of hydrazine groups is 1. The number of rotatable bonds is 6. The van der Waals surface area contributed by atoms with Gasteiger partial charge in [-0.3, -0.25) is 10.2 Å². The van der Waals surface area contributed by atoms with Gasteiger partial charge in [0.2, 0.25) is 5.91 Å². The summed E-state index contributed by atoms with van der Waals surface area (Å²) >= 11 is 0. The summed E-state index contributed by atoms with van der Waals surface area (Å²) in [5.41, 5.74) is 2.85. The number of nitrogens with one attached hydrogen (secondary N) is 1. The SMILES string of the molecule is CCOc1ccc(C(O)C(O)C2CCC(C(=O)NN)CC2)cc1. The zero-order chi connectivity index (χ0) is 16.8. The van der Waals surface area contributed by atoms with Gasteiger partial charge in [-0.2, -0.15) is 0 Å². The van der Waals surface area contributed by atoms with E-state index in [0.717, 1.165) is 5.75 Å². The van der Waals surface area contributed by atoms with Gasteiger partial charge in [0.15, 0.2) is 0 Å². The van der Waals surface area contributed by atoms with Crippen LogP contribution in [0.2, 0.25) is 0 Å². The first kappa shape index (κ1) is 17.7. The van der Waals surface area contributed by atoms with Crippen molar-refractivity contribution in [3.8, 4) is 5.75 Å². The maximum atomic E-state index is 11.5. The summed E-state index contributed by atoms with van der Waals surface area (Å²) in [7, 11) is 0. The molecule has 1 saturated carbocycles. The van der Waals surface area contributed by atoms with Crippen molar-refractivity contribution in [2.75, 3.05) is 6.61 Å². The summed E-state index contributed by atoms with van der Waals surface area (Å²) in [5, 5.41) is 20.8. The molecule has 128 valence electrons. The molecule has 1 aromatic carbocycles. The standard InChI is InChI=1S/C17H26N2O4/c1-2-23-14-9-7-12(8-10-14)16(21)15(20)11-3-5-13(6-4-11)17(22)19-18/h7-11,13,15-16,20-21H,2-6,18H2,1H3,(H,19,22). The predicted molar refractivity (Wildman–Crippen MR) is 86.4 cm³/mol. The Morgan fingerprint density at radius 3 is 2.39 bits per heavy atom. The van der Waals surface area contributed by atoms with Crippen molar-refractivity contribution in [3.63, 3.8) is 0 Å². The minimum Gasteiger partial charge on any atom is -0.494 e. The molecule has 0 saturated heterocycles. The highest BCUT2D eigenvalue weighted by atomic mass is 16.5. The number of carbonyl (C=O) groups excluding carboxylic acids is 1. The molecule has 1 amide bonds. The highest BCUT2D eigenvalue weighted by molar-refractivity contribution is 5.77. The molecule has 2 unspecified atom stereocenters. The third kappa shape index (κ3) is 4.43. The summed E-state index contributed by atoms with van der Waals surface area (Å²) in [4.78, 5) is 11.5. The smallest absolute Gasteiger partial charge is 0.236 e. The van der Waals surface area contributed by atoms with Crippen molar-refractivity contribution in [1.82, 2.24) is 5.43 Å². The lowest BCUT2D eigenvalue weighted by Crippen LogP contribution is -2.39. The van der Waals surface area contributed by atoms with E-state index < -0.39 is 12.2 Å². The maximum absolute atomic E-state index is 11.5. The van der Waals surface area contributed by atoms with Crippen molar-refractivity contribution in [3.05, 3.63) is 29.8 Å². The van der Waals surface area contributed by atoms with Gasteiger partial charge in [0.05, 0.1) is 12.7 Å². The molecule has 0 bridgehead atoms. The Morgan fingerprint density at radius 2 is 1.87 bits per heavy atom. The number of hydrogen-bond acceptors (Lipinski definition) is 5. The third-order valence-corrected chi connectivity index (χ3v) is 4.62. The molecule has 6 nitrogen and oxygen atoms in total. The molecule has 2 rings (SSSR count). The molecule has 6 heteroatoms. The van der Waals surface area contributed by atoms with Crippen LogP contribution in [0, 0.1) is 11.8 Å². The van der Waals surface area contributed by atoms with Crippen molar-refractivity contribution >= 4 is 5.91 Å². The molecule has 1 aliphatic carbocycles. The summed E-state index contributed by atoms with van der Waals surface area (Å²) in [5.74, 6) is 5.64. The van der Waals surface area contributed by atoms with Gasteiger partial charge in [-0.1, -0.05) is 12.1 Å². The van der Waals surface area contributed by atoms with E-state index in [9.17, 15) is 15.0 Å². The van der Waals surface area contributed by atoms with E-state index in [-0.39, 0.29) is 17.7 Å². The first-order valence-electron chi connectivity index (χ1n) is 8.16. The lowest BCUT2D eigenvalue weighted by Gasteiger charge is -2.32. The molecule has 5 N–H and O–H groups in total. The van der Waals surface area contributed by atoms with Crippen LogP contribution >= 0.6 is 0 Å². The molecule has 0 heterocycles. The second-order valence-corrected chi connectivity index (χ2v) is 6.06. The second-order valence-electron chi connectivity index (χ2n) is 6.06. The van der Waals surface area contributed by atoms with Gasteiger partial charge in [0.25, 0.3) is 0 Å². The monoisotopic (exact) mass is 322 g/mol. The van der Waals surface area contributed by atoms with E-state index in [0.29, 0.717) is 37.9 Å². The first-order chi connectivity index (χ1) is 11.1. The third-order valence-electron chi connectivity index (χ3n) is 4.62. The fraction of sp³-hybridized carbons (Fsp3) is 0.588. The fourth-order valence-electron chi connectivity index (χ4n) is 3.22. The summed E-state index contributed by atoms with van der Waals surface area (Å²) in [6.07, 6.45) is 0.993. The highest BCUT2D eigenvalue weighted by Gasteiger charge is 2.33. The Bertz CT molecular complexity index is 498. The lowest BCUT2D eigenvalue weighted by molar-refractivity contribution is -0.127. The molecule has 0 aromatic heterocycles. The van der Waals surface area contributed by atoms with Crippen LogP contribution in [0.4, 0.5) is 0 Å². The quantitative estimate of drug-likeness (QED) is 0.359. The maximum Gasteiger partial charge on any atom is 0.236 e. The fourth-order valence-corrected chi connectivity index (χ4v) is 3.22. The Kier molecular flexibility index (Phi) is 6.38. The average molecular weight is 322 g/mol. The molecule has 1 aromatic rings. The average Bonchev–Trinajstić information content (AvgIpc) is 2.61. The number of amides is 1. The molecular formula is C17H26N2O4. The van der Waals surface area contributed by atoms with Gasteiger partial charge in [-0.25, -0.2) is 5.84 Å². The normalized spacial score (nSPS) is 23.8. The number of benzene rings is 1. The molecular weight excluding hydrogens is 296 g/mol. The Balaban J connectivity index is 1.92. The number of carbonyl (C=O) groups is 1. The van der Waals surface area contributed by atoms with Crippen LogP contribution < -0.4 is 16.0 Å². The molecule has 1 fully saturated rings. The van der Waals surface area contributed by atoms with E-state index in [2.05, 4.69) is 5.43 Å². The minimum atomic E-state index is -0.935. The molecule has 0 spiro atoms. The van der Waals surface area contributed by atoms with E-state index in [4.69, 9.17) is 10.6 Å². The van der Waals surface area contributed by atoms with Crippen LogP contribution in [-0.4, -0.2) is 28.8 Å². The number of aliphatic hydroxyl groups is 2. The van der Waals surface area contributed by atoms with Crippen LogP contribution in [-0.2, 0) is 4.79 Å². The van der Waals surface area contributed by atoms with Crippen LogP contribution in [0.15, 0.2) is 24.3 Å². The summed E-state index contributed by atoms with van der Waals surface area (Å²) < 4.78 is 5.37. The van der Waals surface area contributed by atoms with Gasteiger partial charge < -0.3 is 14.9 Å². The van der Waals surface area contributed by atoms with Crippen molar-refractivity contribution in [1.29, 1.82) is 0 Å². The number of aliphatic hydroxyl groups excluding tert-OH is 2. The predicted octanol–water partition coefficient (Wildman–Crippen LogP) is 1.28. The molecule has 0 aliphatic heterocycles. The number of hydrogen-bond donors (Lipinski definition) is 4. The zero-order valence-electron chi connectivity index (χ0n) is 13.4. The number of ether oxygens (including phenoxy) is 1. The van der Waals surface area contributed by atoms with E-state index >= 15 is 0 Å². The Morgan fingerprint density at radius 1 is 1.26 bits per heavy atom. The lowest BCUT2D eigenvalue weighted by atomic mass is 9.77. The van der Waals surface area contributed by atoms with Crippen molar-refractivity contribution in [2.45, 2.75) is 44.8 Å². The number of nitrogens with two attached hydrogens (primary N) is 1. The molecule has 2 atom stereocenters. The largest absolute Gasteiger partial charge is 0.494 e. The van der Waals surface area contributed by atoms with Crippen LogP contribution in [0.5, 0.6) is 5.75 Å². The van der Waals surface area contributed by atoms with Crippen LogP contribution in [0.25, 0.3) is 0 Å². The van der Waals surface area contributed by atoms with Crippen molar-refractivity contribution < 1.29 is 19.7 Å². The molecule has 1 aliphatic rings. The second kappa shape index (κ2) is 8.29. The minimum absolute atomic E-state index is 0.0154. The van der Waals surface area contributed by atoms with Gasteiger partial charge in [-0.15, -0.1) is 0 Å². The van der Waals surface area contributed by atoms with E-state index in [1.807, 2.05) is 6.92 Å².